The highest BCUT2D eigenvalue weighted by atomic mass is 16.5. The molecule has 4 heteroatoms. The number of hydrogen-bond acceptors (Lipinski definition) is 4. The zero-order valence-electron chi connectivity index (χ0n) is 15.2. The summed E-state index contributed by atoms with van der Waals surface area (Å²) in [7, 11) is 0. The molecule has 0 fully saturated rings. The maximum atomic E-state index is 12.1. The van der Waals surface area contributed by atoms with Crippen LogP contribution < -0.4 is 15.3 Å². The quantitative estimate of drug-likeness (QED) is 0.635. The normalized spacial score (nSPS) is 13.5. The van der Waals surface area contributed by atoms with E-state index in [1.165, 1.54) is 5.56 Å². The SMILES string of the molecule is CCCCc1cc(=O)oc2c3c(ccc12)OCN(c1cccc(C)c1)C3. The van der Waals surface area contributed by atoms with Crippen molar-refractivity contribution in [2.24, 2.45) is 0 Å². The Morgan fingerprint density at radius 1 is 1.15 bits per heavy atom. The summed E-state index contributed by atoms with van der Waals surface area (Å²) in [5, 5.41) is 1.02. The summed E-state index contributed by atoms with van der Waals surface area (Å²) >= 11 is 0. The molecule has 0 N–H and O–H groups in total. The predicted molar refractivity (Wildman–Crippen MR) is 104 cm³/mol. The molecule has 2 aromatic carbocycles. The lowest BCUT2D eigenvalue weighted by Gasteiger charge is -2.31. The van der Waals surface area contributed by atoms with Crippen LogP contribution in [0, 0.1) is 6.92 Å². The van der Waals surface area contributed by atoms with Crippen LogP contribution >= 0.6 is 0 Å². The number of ether oxygens (including phenoxy) is 1. The first-order valence-electron chi connectivity index (χ1n) is 9.18. The fourth-order valence-electron chi connectivity index (χ4n) is 3.56. The number of aryl methyl sites for hydroxylation is 2. The van der Waals surface area contributed by atoms with Gasteiger partial charge in [-0.3, -0.25) is 0 Å². The molecule has 0 spiro atoms. The molecule has 0 saturated heterocycles. The summed E-state index contributed by atoms with van der Waals surface area (Å²) in [5.41, 5.74) is 4.71. The summed E-state index contributed by atoms with van der Waals surface area (Å²) in [6.45, 7) is 5.39. The molecule has 0 saturated carbocycles. The van der Waals surface area contributed by atoms with Crippen molar-refractivity contribution in [1.82, 2.24) is 0 Å². The third-order valence-corrected chi connectivity index (χ3v) is 4.95. The third-order valence-electron chi connectivity index (χ3n) is 4.95. The van der Waals surface area contributed by atoms with E-state index in [-0.39, 0.29) is 5.63 Å². The Labute approximate surface area is 153 Å². The van der Waals surface area contributed by atoms with Crippen LogP contribution in [-0.4, -0.2) is 6.73 Å². The summed E-state index contributed by atoms with van der Waals surface area (Å²) in [6.07, 6.45) is 3.04. The Bertz CT molecular complexity index is 1010. The van der Waals surface area contributed by atoms with Crippen LogP contribution in [0.2, 0.25) is 0 Å². The molecule has 2 heterocycles. The van der Waals surface area contributed by atoms with Crippen molar-refractivity contribution < 1.29 is 9.15 Å². The predicted octanol–water partition coefficient (Wildman–Crippen LogP) is 4.80. The van der Waals surface area contributed by atoms with Gasteiger partial charge in [-0.2, -0.15) is 0 Å². The first-order valence-corrected chi connectivity index (χ1v) is 9.18. The number of rotatable bonds is 4. The summed E-state index contributed by atoms with van der Waals surface area (Å²) in [6, 6.07) is 14.0. The van der Waals surface area contributed by atoms with E-state index in [2.05, 4.69) is 36.9 Å². The van der Waals surface area contributed by atoms with Gasteiger partial charge in [-0.05, 0) is 55.2 Å². The van der Waals surface area contributed by atoms with Crippen LogP contribution in [0.5, 0.6) is 5.75 Å². The molecule has 0 unspecified atom stereocenters. The minimum atomic E-state index is -0.287. The molecule has 134 valence electrons. The minimum Gasteiger partial charge on any atom is -0.473 e. The molecular weight excluding hydrogens is 326 g/mol. The first-order chi connectivity index (χ1) is 12.7. The van der Waals surface area contributed by atoms with Crippen molar-refractivity contribution in [2.75, 3.05) is 11.6 Å². The fraction of sp³-hybridized carbons (Fsp3) is 0.318. The fourth-order valence-corrected chi connectivity index (χ4v) is 3.56. The van der Waals surface area contributed by atoms with E-state index in [4.69, 9.17) is 9.15 Å². The van der Waals surface area contributed by atoms with Gasteiger partial charge in [0.2, 0.25) is 0 Å². The lowest BCUT2D eigenvalue weighted by molar-refractivity contribution is 0.289. The Balaban J connectivity index is 1.79. The van der Waals surface area contributed by atoms with Gasteiger partial charge in [-0.15, -0.1) is 0 Å². The van der Waals surface area contributed by atoms with E-state index in [0.29, 0.717) is 18.9 Å². The van der Waals surface area contributed by atoms with Crippen molar-refractivity contribution in [3.63, 3.8) is 0 Å². The topological polar surface area (TPSA) is 42.7 Å². The molecule has 0 atom stereocenters. The molecule has 0 radical (unpaired) electrons. The molecule has 0 aliphatic carbocycles. The number of anilines is 1. The maximum Gasteiger partial charge on any atom is 0.336 e. The highest BCUT2D eigenvalue weighted by Crippen LogP contribution is 2.35. The van der Waals surface area contributed by atoms with Gasteiger partial charge in [0.15, 0.2) is 6.73 Å². The van der Waals surface area contributed by atoms with Crippen LogP contribution in [0.15, 0.2) is 51.7 Å². The van der Waals surface area contributed by atoms with E-state index in [1.54, 1.807) is 6.07 Å². The zero-order chi connectivity index (χ0) is 18.1. The van der Waals surface area contributed by atoms with E-state index in [9.17, 15) is 4.79 Å². The molecule has 1 aromatic heterocycles. The lowest BCUT2D eigenvalue weighted by Crippen LogP contribution is -2.32. The molecule has 0 bridgehead atoms. The van der Waals surface area contributed by atoms with Crippen LogP contribution in [0.1, 0.15) is 36.5 Å². The van der Waals surface area contributed by atoms with Crippen molar-refractivity contribution in [3.8, 4) is 5.75 Å². The van der Waals surface area contributed by atoms with Gasteiger partial charge in [0.05, 0.1) is 12.1 Å². The zero-order valence-corrected chi connectivity index (χ0v) is 15.2. The number of benzene rings is 2. The molecular formula is C22H23NO3. The first kappa shape index (κ1) is 16.7. The standard InChI is InChI=1S/C22H23NO3/c1-3-4-7-16-12-21(24)26-22-18(16)9-10-20-19(22)13-23(14-25-20)17-8-5-6-15(2)11-17/h5-6,8-12H,3-4,7,13-14H2,1-2H3. The lowest BCUT2D eigenvalue weighted by atomic mass is 10.0. The van der Waals surface area contributed by atoms with Crippen molar-refractivity contribution in [3.05, 3.63) is 69.6 Å². The van der Waals surface area contributed by atoms with Crippen molar-refractivity contribution >= 4 is 16.7 Å². The monoisotopic (exact) mass is 349 g/mol. The molecule has 4 nitrogen and oxygen atoms in total. The van der Waals surface area contributed by atoms with Crippen molar-refractivity contribution in [2.45, 2.75) is 39.7 Å². The van der Waals surface area contributed by atoms with Crippen LogP contribution in [0.25, 0.3) is 11.0 Å². The van der Waals surface area contributed by atoms with E-state index in [1.807, 2.05) is 18.2 Å². The number of fused-ring (bicyclic) bond motifs is 3. The van der Waals surface area contributed by atoms with E-state index < -0.39 is 0 Å². The highest BCUT2D eigenvalue weighted by Gasteiger charge is 2.22. The van der Waals surface area contributed by atoms with Gasteiger partial charge in [-0.1, -0.05) is 25.5 Å². The van der Waals surface area contributed by atoms with Crippen molar-refractivity contribution in [1.29, 1.82) is 0 Å². The summed E-state index contributed by atoms with van der Waals surface area (Å²) in [4.78, 5) is 14.3. The summed E-state index contributed by atoms with van der Waals surface area (Å²) < 4.78 is 11.6. The summed E-state index contributed by atoms with van der Waals surface area (Å²) in [5.74, 6) is 0.803. The third kappa shape index (κ3) is 3.07. The second-order valence-electron chi connectivity index (χ2n) is 6.92. The van der Waals surface area contributed by atoms with Crippen LogP contribution in [0.4, 0.5) is 5.69 Å². The second kappa shape index (κ2) is 6.87. The molecule has 3 aromatic rings. The number of nitrogens with zero attached hydrogens (tertiary/aromatic N) is 1. The Kier molecular flexibility index (Phi) is 4.41. The molecule has 1 aliphatic heterocycles. The van der Waals surface area contributed by atoms with E-state index >= 15 is 0 Å². The van der Waals surface area contributed by atoms with Gasteiger partial charge < -0.3 is 14.1 Å². The van der Waals surface area contributed by atoms with Gasteiger partial charge in [-0.25, -0.2) is 4.79 Å². The Hall–Kier alpha value is -2.75. The molecule has 4 rings (SSSR count). The van der Waals surface area contributed by atoms with Crippen LogP contribution in [0.3, 0.4) is 0 Å². The van der Waals surface area contributed by atoms with Gasteiger partial charge in [0, 0.05) is 17.1 Å². The minimum absolute atomic E-state index is 0.287. The molecule has 1 aliphatic rings. The maximum absolute atomic E-state index is 12.1. The Morgan fingerprint density at radius 3 is 2.85 bits per heavy atom. The van der Waals surface area contributed by atoms with Gasteiger partial charge >= 0.3 is 5.63 Å². The average molecular weight is 349 g/mol. The number of unbranched alkanes of at least 4 members (excludes halogenated alkanes) is 1. The number of hydrogen-bond donors (Lipinski definition) is 0. The van der Waals surface area contributed by atoms with Crippen LogP contribution in [-0.2, 0) is 13.0 Å². The Morgan fingerprint density at radius 2 is 2.04 bits per heavy atom. The van der Waals surface area contributed by atoms with Gasteiger partial charge in [0.25, 0.3) is 0 Å². The largest absolute Gasteiger partial charge is 0.473 e. The average Bonchev–Trinajstić information content (AvgIpc) is 2.65. The molecule has 0 amide bonds. The highest BCUT2D eigenvalue weighted by molar-refractivity contribution is 5.85. The smallest absolute Gasteiger partial charge is 0.336 e. The van der Waals surface area contributed by atoms with E-state index in [0.717, 1.165) is 47.2 Å². The molecule has 26 heavy (non-hydrogen) atoms. The van der Waals surface area contributed by atoms with Gasteiger partial charge in [0.1, 0.15) is 11.3 Å². The second-order valence-corrected chi connectivity index (χ2v) is 6.92.